The molecule has 0 radical (unpaired) electrons. The number of fused-ring (bicyclic) bond motifs is 1. The molecule has 156 valence electrons. The molecule has 3 aliphatic rings. The van der Waals surface area contributed by atoms with Crippen LogP contribution in [0.3, 0.4) is 0 Å². The Hall–Kier alpha value is -1.79. The molecule has 1 N–H and O–H groups in total. The fraction of sp³-hybridized carbons (Fsp3) is 0.565. The first-order valence-electron chi connectivity index (χ1n) is 10.4. The average Bonchev–Trinajstić information content (AvgIpc) is 3.33. The van der Waals surface area contributed by atoms with E-state index >= 15 is 0 Å². The zero-order valence-corrected chi connectivity index (χ0v) is 18.3. The van der Waals surface area contributed by atoms with Crippen molar-refractivity contribution in [1.82, 2.24) is 0 Å². The minimum Gasteiger partial charge on any atom is -0.463 e. The first kappa shape index (κ1) is 20.5. The van der Waals surface area contributed by atoms with Gasteiger partial charge in [0.1, 0.15) is 6.61 Å². The normalized spacial score (nSPS) is 22.1. The number of benzene rings is 1. The maximum Gasteiger partial charge on any atom is 0.311 e. The average molecular weight is 415 g/mol. The summed E-state index contributed by atoms with van der Waals surface area (Å²) in [6.45, 7) is 7.67. The smallest absolute Gasteiger partial charge is 0.311 e. The molecule has 1 fully saturated rings. The minimum absolute atomic E-state index is 0.0470. The molecule has 29 heavy (non-hydrogen) atoms. The Morgan fingerprint density at radius 2 is 2.10 bits per heavy atom. The number of carbonyl (C=O) groups is 1. The van der Waals surface area contributed by atoms with Gasteiger partial charge >= 0.3 is 5.97 Å². The lowest BCUT2D eigenvalue weighted by molar-refractivity contribution is -0.153. The Kier molecular flexibility index (Phi) is 6.02. The summed E-state index contributed by atoms with van der Waals surface area (Å²) in [6, 6.07) is 7.02. The maximum absolute atomic E-state index is 12.0. The molecule has 0 spiro atoms. The van der Waals surface area contributed by atoms with Crippen molar-refractivity contribution >= 4 is 34.5 Å². The monoisotopic (exact) mass is 414 g/mol. The predicted molar refractivity (Wildman–Crippen MR) is 120 cm³/mol. The molecule has 1 saturated heterocycles. The van der Waals surface area contributed by atoms with Crippen LogP contribution in [0.4, 0.5) is 5.69 Å². The van der Waals surface area contributed by atoms with E-state index in [4.69, 9.17) is 14.5 Å². The third kappa shape index (κ3) is 4.86. The molecule has 1 aromatic carbocycles. The van der Waals surface area contributed by atoms with Gasteiger partial charge in [-0.05, 0) is 62.5 Å². The number of thioether (sulfide) groups is 1. The van der Waals surface area contributed by atoms with Gasteiger partial charge in [-0.3, -0.25) is 9.79 Å². The van der Waals surface area contributed by atoms with E-state index in [0.29, 0.717) is 12.6 Å². The van der Waals surface area contributed by atoms with E-state index in [1.54, 1.807) is 11.8 Å². The first-order chi connectivity index (χ1) is 13.9. The third-order valence-electron chi connectivity index (χ3n) is 5.50. The van der Waals surface area contributed by atoms with Crippen LogP contribution in [0.5, 0.6) is 0 Å². The van der Waals surface area contributed by atoms with Crippen LogP contribution in [0.1, 0.15) is 44.7 Å². The molecule has 6 heteroatoms. The van der Waals surface area contributed by atoms with Gasteiger partial charge in [-0.2, -0.15) is 0 Å². The van der Waals surface area contributed by atoms with Crippen LogP contribution in [-0.2, 0) is 20.7 Å². The molecular weight excluding hydrogens is 384 g/mol. The molecule has 5 nitrogen and oxygen atoms in total. The van der Waals surface area contributed by atoms with Crippen molar-refractivity contribution in [2.75, 3.05) is 30.9 Å². The van der Waals surface area contributed by atoms with Crippen molar-refractivity contribution in [3.8, 4) is 0 Å². The number of carbonyl (C=O) groups excluding carboxylic acids is 1. The van der Waals surface area contributed by atoms with Crippen LogP contribution < -0.4 is 5.32 Å². The summed E-state index contributed by atoms with van der Waals surface area (Å²) in [5, 5.41) is 4.82. The van der Waals surface area contributed by atoms with E-state index in [1.807, 2.05) is 20.8 Å². The van der Waals surface area contributed by atoms with Crippen LogP contribution in [0.25, 0.3) is 6.08 Å². The van der Waals surface area contributed by atoms with Gasteiger partial charge in [-0.25, -0.2) is 0 Å². The van der Waals surface area contributed by atoms with E-state index in [2.05, 4.69) is 29.6 Å². The van der Waals surface area contributed by atoms with Gasteiger partial charge in [0, 0.05) is 37.1 Å². The topological polar surface area (TPSA) is 59.9 Å². The Bertz CT molecular complexity index is 835. The van der Waals surface area contributed by atoms with Crippen LogP contribution in [0.2, 0.25) is 0 Å². The second-order valence-corrected chi connectivity index (χ2v) is 10.0. The SMILES string of the molecule is CC(C)(C)C(=O)OC[C@@H]1CSC(C2=Cc3cccc(NC4CCOCC4)c3C2)=N1. The Labute approximate surface area is 177 Å². The number of nitrogens with one attached hydrogen (secondary N) is 1. The second kappa shape index (κ2) is 8.52. The number of nitrogens with zero attached hydrogens (tertiary/aromatic N) is 1. The molecule has 0 unspecified atom stereocenters. The highest BCUT2D eigenvalue weighted by molar-refractivity contribution is 8.14. The molecule has 0 bridgehead atoms. The molecule has 2 heterocycles. The summed E-state index contributed by atoms with van der Waals surface area (Å²) in [7, 11) is 0. The summed E-state index contributed by atoms with van der Waals surface area (Å²) < 4.78 is 10.9. The van der Waals surface area contributed by atoms with Crippen molar-refractivity contribution in [2.24, 2.45) is 10.4 Å². The number of anilines is 1. The number of aliphatic imine (C=N–C) groups is 1. The highest BCUT2D eigenvalue weighted by Gasteiger charge is 2.28. The minimum atomic E-state index is -0.470. The molecule has 1 aromatic rings. The fourth-order valence-corrected chi connectivity index (χ4v) is 4.83. The van der Waals surface area contributed by atoms with E-state index < -0.39 is 5.41 Å². The second-order valence-electron chi connectivity index (χ2n) is 9.00. The van der Waals surface area contributed by atoms with Gasteiger partial charge < -0.3 is 14.8 Å². The molecule has 0 amide bonds. The molecule has 1 atom stereocenters. The summed E-state index contributed by atoms with van der Waals surface area (Å²) in [5.74, 6) is 0.704. The predicted octanol–water partition coefficient (Wildman–Crippen LogP) is 4.32. The van der Waals surface area contributed by atoms with Crippen LogP contribution in [-0.4, -0.2) is 48.7 Å². The van der Waals surface area contributed by atoms with Gasteiger partial charge in [0.05, 0.1) is 16.5 Å². The van der Waals surface area contributed by atoms with E-state index in [-0.39, 0.29) is 12.0 Å². The lowest BCUT2D eigenvalue weighted by Crippen LogP contribution is -2.28. The van der Waals surface area contributed by atoms with E-state index in [1.165, 1.54) is 22.4 Å². The number of hydrogen-bond acceptors (Lipinski definition) is 6. The van der Waals surface area contributed by atoms with E-state index in [9.17, 15) is 4.79 Å². The quantitative estimate of drug-likeness (QED) is 0.727. The first-order valence-corrected chi connectivity index (χ1v) is 11.4. The Morgan fingerprint density at radius 3 is 2.86 bits per heavy atom. The van der Waals surface area contributed by atoms with Crippen LogP contribution >= 0.6 is 11.8 Å². The molecule has 4 rings (SSSR count). The standard InChI is InChI=1S/C23H30N2O3S/c1-23(2,3)22(26)28-13-18-14-29-21(25-18)16-11-15-5-4-6-20(19(15)12-16)24-17-7-9-27-10-8-17/h4-6,11,17-18,24H,7-10,12-14H2,1-3H3/t18-/m1/s1. The van der Waals surface area contributed by atoms with E-state index in [0.717, 1.165) is 43.3 Å². The maximum atomic E-state index is 12.0. The van der Waals surface area contributed by atoms with Crippen molar-refractivity contribution in [2.45, 2.75) is 52.1 Å². The lowest BCUT2D eigenvalue weighted by atomic mass is 9.97. The molecule has 2 aliphatic heterocycles. The summed E-state index contributed by atoms with van der Waals surface area (Å²) in [4.78, 5) is 16.9. The molecule has 0 aromatic heterocycles. The van der Waals surface area contributed by atoms with Crippen molar-refractivity contribution in [3.05, 3.63) is 34.9 Å². The number of esters is 1. The number of rotatable bonds is 5. The third-order valence-corrected chi connectivity index (χ3v) is 6.69. The van der Waals surface area contributed by atoms with Gasteiger partial charge in [0.15, 0.2) is 0 Å². The largest absolute Gasteiger partial charge is 0.463 e. The molecule has 0 saturated carbocycles. The Morgan fingerprint density at radius 1 is 1.31 bits per heavy atom. The van der Waals surface area contributed by atoms with Crippen molar-refractivity contribution < 1.29 is 14.3 Å². The Balaban J connectivity index is 1.39. The van der Waals surface area contributed by atoms with Crippen molar-refractivity contribution in [3.63, 3.8) is 0 Å². The zero-order chi connectivity index (χ0) is 20.4. The van der Waals surface area contributed by atoms with Crippen molar-refractivity contribution in [1.29, 1.82) is 0 Å². The highest BCUT2D eigenvalue weighted by atomic mass is 32.2. The fourth-order valence-electron chi connectivity index (χ4n) is 3.77. The van der Waals surface area contributed by atoms with Gasteiger partial charge in [-0.15, -0.1) is 11.8 Å². The van der Waals surface area contributed by atoms with Gasteiger partial charge in [0.25, 0.3) is 0 Å². The number of ether oxygens (including phenoxy) is 2. The molecular formula is C23H30N2O3S. The summed E-state index contributed by atoms with van der Waals surface area (Å²) in [5.41, 5.74) is 4.68. The molecule has 1 aliphatic carbocycles. The zero-order valence-electron chi connectivity index (χ0n) is 17.5. The highest BCUT2D eigenvalue weighted by Crippen LogP contribution is 2.36. The summed E-state index contributed by atoms with van der Waals surface area (Å²) in [6.07, 6.45) is 5.28. The number of hydrogen-bond donors (Lipinski definition) is 1. The van der Waals surface area contributed by atoms with Crippen LogP contribution in [0, 0.1) is 5.41 Å². The van der Waals surface area contributed by atoms with Crippen LogP contribution in [0.15, 0.2) is 28.8 Å². The van der Waals surface area contributed by atoms with Gasteiger partial charge in [0.2, 0.25) is 0 Å². The lowest BCUT2D eigenvalue weighted by Gasteiger charge is -2.25. The van der Waals surface area contributed by atoms with Gasteiger partial charge in [-0.1, -0.05) is 12.1 Å². The summed E-state index contributed by atoms with van der Waals surface area (Å²) >= 11 is 1.77.